The summed E-state index contributed by atoms with van der Waals surface area (Å²) in [5.41, 5.74) is 5.53. The second-order valence-electron chi connectivity index (χ2n) is 4.67. The van der Waals surface area contributed by atoms with E-state index in [1.165, 1.54) is 35.1 Å². The van der Waals surface area contributed by atoms with Crippen molar-refractivity contribution < 1.29 is 0 Å². The summed E-state index contributed by atoms with van der Waals surface area (Å²) in [5.74, 6) is 0. The molecule has 0 atom stereocenters. The van der Waals surface area contributed by atoms with Crippen LogP contribution >= 0.6 is 0 Å². The fraction of sp³-hybridized carbons (Fsp3) is 0.444. The lowest BCUT2D eigenvalue weighted by Gasteiger charge is -2.11. The first-order chi connectivity index (χ1) is 8.61. The molecule has 0 bridgehead atoms. The van der Waals surface area contributed by atoms with E-state index in [0.29, 0.717) is 0 Å². The van der Waals surface area contributed by atoms with Gasteiger partial charge in [-0.1, -0.05) is 62.0 Å². The molecule has 18 heavy (non-hydrogen) atoms. The van der Waals surface area contributed by atoms with Crippen LogP contribution in [0.25, 0.3) is 0 Å². The standard InChI is InChI=1S/C16H22.C2H6/c1-5-15(10-9-13(2)3)12-16-8-6-7-14(4)11-16;1-2/h5,8-11H,1,6-7,12H2,2-4H3;1-2H3/b15-10+;. The molecule has 0 aromatic rings. The van der Waals surface area contributed by atoms with Crippen LogP contribution in [0.15, 0.2) is 59.3 Å². The lowest BCUT2D eigenvalue weighted by Crippen LogP contribution is -1.91. The zero-order valence-corrected chi connectivity index (χ0v) is 12.7. The van der Waals surface area contributed by atoms with Gasteiger partial charge in [0.15, 0.2) is 0 Å². The third-order valence-corrected chi connectivity index (χ3v) is 2.68. The fourth-order valence-corrected chi connectivity index (χ4v) is 1.76. The molecule has 0 unspecified atom stereocenters. The lowest BCUT2D eigenvalue weighted by molar-refractivity contribution is 0.932. The Morgan fingerprint density at radius 3 is 2.44 bits per heavy atom. The second-order valence-corrected chi connectivity index (χ2v) is 4.67. The molecule has 0 aromatic carbocycles. The SMILES string of the molecule is C=C/C(=C\C=C(C)C)CC1=CCCC(C)=C1.CC. The highest BCUT2D eigenvalue weighted by Crippen LogP contribution is 2.22. The number of allylic oxidation sites excluding steroid dienone is 9. The highest BCUT2D eigenvalue weighted by atomic mass is 14.1. The first kappa shape index (κ1) is 16.7. The molecule has 0 N–H and O–H groups in total. The third-order valence-electron chi connectivity index (χ3n) is 2.68. The van der Waals surface area contributed by atoms with E-state index in [0.717, 1.165) is 6.42 Å². The highest BCUT2D eigenvalue weighted by Gasteiger charge is 2.02. The molecular weight excluding hydrogens is 216 g/mol. The van der Waals surface area contributed by atoms with Crippen LogP contribution in [-0.2, 0) is 0 Å². The molecule has 0 nitrogen and oxygen atoms in total. The topological polar surface area (TPSA) is 0 Å². The molecule has 1 aliphatic rings. The molecule has 0 radical (unpaired) electrons. The van der Waals surface area contributed by atoms with Crippen LogP contribution in [0.3, 0.4) is 0 Å². The first-order valence-corrected chi connectivity index (χ1v) is 6.94. The molecule has 0 saturated heterocycles. The number of hydrogen-bond donors (Lipinski definition) is 0. The summed E-state index contributed by atoms with van der Waals surface area (Å²) in [6, 6.07) is 0. The molecule has 0 aliphatic heterocycles. The van der Waals surface area contributed by atoms with Gasteiger partial charge in [-0.2, -0.15) is 0 Å². The Morgan fingerprint density at radius 2 is 1.94 bits per heavy atom. The average molecular weight is 244 g/mol. The van der Waals surface area contributed by atoms with Crippen molar-refractivity contribution in [1.29, 1.82) is 0 Å². The van der Waals surface area contributed by atoms with E-state index in [9.17, 15) is 0 Å². The van der Waals surface area contributed by atoms with E-state index in [-0.39, 0.29) is 0 Å². The van der Waals surface area contributed by atoms with Gasteiger partial charge in [0, 0.05) is 0 Å². The molecule has 0 amide bonds. The minimum atomic E-state index is 1.00. The maximum atomic E-state index is 3.88. The normalized spacial score (nSPS) is 14.8. The minimum Gasteiger partial charge on any atom is -0.0988 e. The smallest absolute Gasteiger partial charge is 0.00292 e. The molecule has 1 rings (SSSR count). The summed E-state index contributed by atoms with van der Waals surface area (Å²) in [6.45, 7) is 14.3. The van der Waals surface area contributed by atoms with Crippen molar-refractivity contribution in [1.82, 2.24) is 0 Å². The van der Waals surface area contributed by atoms with Gasteiger partial charge in [0.05, 0.1) is 0 Å². The van der Waals surface area contributed by atoms with Gasteiger partial charge in [0.1, 0.15) is 0 Å². The fourth-order valence-electron chi connectivity index (χ4n) is 1.76. The van der Waals surface area contributed by atoms with Crippen molar-refractivity contribution >= 4 is 0 Å². The Morgan fingerprint density at radius 1 is 1.28 bits per heavy atom. The Bertz CT molecular complexity index is 369. The number of rotatable bonds is 4. The summed E-state index contributed by atoms with van der Waals surface area (Å²) in [4.78, 5) is 0. The quantitative estimate of drug-likeness (QED) is 0.520. The van der Waals surface area contributed by atoms with Crippen molar-refractivity contribution in [3.8, 4) is 0 Å². The molecule has 1 aliphatic carbocycles. The van der Waals surface area contributed by atoms with Crippen molar-refractivity contribution in [3.05, 3.63) is 59.3 Å². The van der Waals surface area contributed by atoms with Crippen molar-refractivity contribution in [2.24, 2.45) is 0 Å². The van der Waals surface area contributed by atoms with Gasteiger partial charge in [-0.25, -0.2) is 0 Å². The maximum absolute atomic E-state index is 3.88. The molecule has 0 heteroatoms. The second kappa shape index (κ2) is 9.70. The van der Waals surface area contributed by atoms with E-state index in [4.69, 9.17) is 0 Å². The molecule has 0 saturated carbocycles. The summed E-state index contributed by atoms with van der Waals surface area (Å²) in [7, 11) is 0. The summed E-state index contributed by atoms with van der Waals surface area (Å²) in [6.07, 6.45) is 14.3. The van der Waals surface area contributed by atoms with Crippen molar-refractivity contribution in [3.63, 3.8) is 0 Å². The van der Waals surface area contributed by atoms with E-state index in [1.807, 2.05) is 19.9 Å². The monoisotopic (exact) mass is 244 g/mol. The van der Waals surface area contributed by atoms with Crippen LogP contribution in [0.2, 0.25) is 0 Å². The minimum absolute atomic E-state index is 1.00. The Labute approximate surface area is 113 Å². The van der Waals surface area contributed by atoms with E-state index >= 15 is 0 Å². The average Bonchev–Trinajstić information content (AvgIpc) is 2.36. The van der Waals surface area contributed by atoms with Gasteiger partial charge in [0.25, 0.3) is 0 Å². The number of hydrogen-bond acceptors (Lipinski definition) is 0. The summed E-state index contributed by atoms with van der Waals surface area (Å²) in [5, 5.41) is 0. The predicted octanol–water partition coefficient (Wildman–Crippen LogP) is 6.15. The van der Waals surface area contributed by atoms with Crippen LogP contribution in [0.5, 0.6) is 0 Å². The van der Waals surface area contributed by atoms with E-state index in [2.05, 4.69) is 51.7 Å². The van der Waals surface area contributed by atoms with E-state index < -0.39 is 0 Å². The van der Waals surface area contributed by atoms with Gasteiger partial charge in [-0.05, 0) is 51.2 Å². The Hall–Kier alpha value is -1.30. The molecule has 0 aromatic heterocycles. The molecule has 0 spiro atoms. The third kappa shape index (κ3) is 7.11. The molecule has 0 heterocycles. The zero-order chi connectivity index (χ0) is 14.0. The first-order valence-electron chi connectivity index (χ1n) is 6.94. The molecular formula is C18H28. The lowest BCUT2D eigenvalue weighted by atomic mass is 9.95. The van der Waals surface area contributed by atoms with Crippen LogP contribution in [0.1, 0.15) is 53.9 Å². The van der Waals surface area contributed by atoms with E-state index in [1.54, 1.807) is 0 Å². The summed E-state index contributed by atoms with van der Waals surface area (Å²) < 4.78 is 0. The van der Waals surface area contributed by atoms with Crippen LogP contribution < -0.4 is 0 Å². The van der Waals surface area contributed by atoms with Crippen molar-refractivity contribution in [2.75, 3.05) is 0 Å². The van der Waals surface area contributed by atoms with Gasteiger partial charge in [-0.3, -0.25) is 0 Å². The van der Waals surface area contributed by atoms with Gasteiger partial charge >= 0.3 is 0 Å². The largest absolute Gasteiger partial charge is 0.0988 e. The van der Waals surface area contributed by atoms with Crippen LogP contribution in [0.4, 0.5) is 0 Å². The van der Waals surface area contributed by atoms with Gasteiger partial charge in [0.2, 0.25) is 0 Å². The van der Waals surface area contributed by atoms with Crippen LogP contribution in [0, 0.1) is 0 Å². The Balaban J connectivity index is 0.00000137. The maximum Gasteiger partial charge on any atom is -0.00292 e. The zero-order valence-electron chi connectivity index (χ0n) is 12.7. The van der Waals surface area contributed by atoms with Crippen LogP contribution in [-0.4, -0.2) is 0 Å². The summed E-state index contributed by atoms with van der Waals surface area (Å²) >= 11 is 0. The Kier molecular flexibility index (Phi) is 9.00. The molecule has 100 valence electrons. The highest BCUT2D eigenvalue weighted by molar-refractivity contribution is 5.35. The molecule has 0 fully saturated rings. The predicted molar refractivity (Wildman–Crippen MR) is 84.8 cm³/mol. The van der Waals surface area contributed by atoms with Gasteiger partial charge in [-0.15, -0.1) is 0 Å². The van der Waals surface area contributed by atoms with Crippen molar-refractivity contribution in [2.45, 2.75) is 53.9 Å². The van der Waals surface area contributed by atoms with Gasteiger partial charge < -0.3 is 0 Å².